The van der Waals surface area contributed by atoms with E-state index in [-0.39, 0.29) is 17.2 Å². The highest BCUT2D eigenvalue weighted by molar-refractivity contribution is 5.96. The summed E-state index contributed by atoms with van der Waals surface area (Å²) in [7, 11) is 0. The first kappa shape index (κ1) is 13.9. The number of nitrogens with zero attached hydrogens (tertiary/aromatic N) is 3. The summed E-state index contributed by atoms with van der Waals surface area (Å²) >= 11 is 0. The maximum absolute atomic E-state index is 11.7. The van der Waals surface area contributed by atoms with Crippen LogP contribution in [0.4, 0.5) is 0 Å². The molecule has 0 heterocycles. The first-order valence-corrected chi connectivity index (χ1v) is 5.74. The Kier molecular flexibility index (Phi) is 5.54. The zero-order valence-electron chi connectivity index (χ0n) is 10.3. The van der Waals surface area contributed by atoms with Gasteiger partial charge in [-0.3, -0.25) is 4.79 Å². The number of unbranched alkanes of at least 4 members (excludes halogenated alkanes) is 1. The Morgan fingerprint density at radius 3 is 2.94 bits per heavy atom. The summed E-state index contributed by atoms with van der Waals surface area (Å²) in [6.45, 7) is 2.77. The zero-order valence-corrected chi connectivity index (χ0v) is 10.3. The van der Waals surface area contributed by atoms with Crippen LogP contribution in [0.3, 0.4) is 0 Å². The topological polar surface area (TPSA) is 98.1 Å². The number of phenolic OH excluding ortho intramolecular Hbond substituents is 1. The van der Waals surface area contributed by atoms with E-state index in [1.165, 1.54) is 0 Å². The fraction of sp³-hybridized carbons (Fsp3) is 0.417. The van der Waals surface area contributed by atoms with Gasteiger partial charge in [-0.2, -0.15) is 0 Å². The maximum atomic E-state index is 11.7. The van der Waals surface area contributed by atoms with Crippen molar-refractivity contribution in [2.75, 3.05) is 13.1 Å². The Morgan fingerprint density at radius 2 is 2.28 bits per heavy atom. The van der Waals surface area contributed by atoms with Crippen molar-refractivity contribution in [3.8, 4) is 5.75 Å². The third-order valence-electron chi connectivity index (χ3n) is 2.43. The number of carbonyl (C=O) groups excluding carboxylic acids is 1. The number of nitrogens with one attached hydrogen (secondary N) is 1. The maximum Gasteiger partial charge on any atom is 0.255 e. The molecule has 0 fully saturated rings. The first-order chi connectivity index (χ1) is 8.65. The molecular formula is C12H16N4O2. The minimum Gasteiger partial charge on any atom is -0.507 e. The van der Waals surface area contributed by atoms with Crippen LogP contribution in [0.25, 0.3) is 10.4 Å². The van der Waals surface area contributed by atoms with Crippen molar-refractivity contribution in [2.45, 2.75) is 19.8 Å². The molecule has 0 unspecified atom stereocenters. The third kappa shape index (κ3) is 4.35. The van der Waals surface area contributed by atoms with Crippen molar-refractivity contribution in [3.05, 3.63) is 39.8 Å². The van der Waals surface area contributed by atoms with Crippen molar-refractivity contribution < 1.29 is 9.90 Å². The van der Waals surface area contributed by atoms with E-state index in [0.29, 0.717) is 13.1 Å². The number of benzene rings is 1. The molecule has 0 aromatic heterocycles. The molecule has 0 atom stereocenters. The van der Waals surface area contributed by atoms with Crippen LogP contribution in [0.15, 0.2) is 23.3 Å². The van der Waals surface area contributed by atoms with Crippen LogP contribution in [0.1, 0.15) is 28.8 Å². The van der Waals surface area contributed by atoms with Gasteiger partial charge in [-0.25, -0.2) is 0 Å². The minimum absolute atomic E-state index is 0.0124. The molecule has 0 aliphatic rings. The molecule has 0 radical (unpaired) electrons. The molecule has 1 aromatic rings. The van der Waals surface area contributed by atoms with Gasteiger partial charge in [0.05, 0.1) is 5.56 Å². The normalized spacial score (nSPS) is 9.61. The summed E-state index contributed by atoms with van der Waals surface area (Å²) < 4.78 is 0. The molecule has 1 rings (SSSR count). The smallest absolute Gasteiger partial charge is 0.255 e. The van der Waals surface area contributed by atoms with Gasteiger partial charge in [0.15, 0.2) is 0 Å². The van der Waals surface area contributed by atoms with E-state index in [1.54, 1.807) is 18.2 Å². The zero-order chi connectivity index (χ0) is 13.4. The summed E-state index contributed by atoms with van der Waals surface area (Å²) in [4.78, 5) is 14.4. The number of amides is 1. The Hall–Kier alpha value is -2.20. The van der Waals surface area contributed by atoms with Gasteiger partial charge in [0.1, 0.15) is 5.75 Å². The summed E-state index contributed by atoms with van der Waals surface area (Å²) in [6, 6.07) is 4.92. The molecular weight excluding hydrogens is 232 g/mol. The fourth-order valence-corrected chi connectivity index (χ4v) is 1.48. The lowest BCUT2D eigenvalue weighted by molar-refractivity contribution is 0.0950. The van der Waals surface area contributed by atoms with Crippen LogP contribution in [0.5, 0.6) is 5.75 Å². The monoisotopic (exact) mass is 248 g/mol. The highest BCUT2D eigenvalue weighted by Gasteiger charge is 2.09. The molecule has 96 valence electrons. The van der Waals surface area contributed by atoms with Gasteiger partial charge < -0.3 is 10.4 Å². The molecule has 0 spiro atoms. The Balaban J connectivity index is 2.38. The van der Waals surface area contributed by atoms with Crippen LogP contribution in [-0.4, -0.2) is 24.1 Å². The number of aryl methyl sites for hydroxylation is 1. The molecule has 2 N–H and O–H groups in total. The lowest BCUT2D eigenvalue weighted by Crippen LogP contribution is -2.24. The molecule has 18 heavy (non-hydrogen) atoms. The molecule has 6 nitrogen and oxygen atoms in total. The second-order valence-electron chi connectivity index (χ2n) is 3.94. The Bertz CT molecular complexity index is 467. The SMILES string of the molecule is Cc1ccc(C(=O)NCCCCN=[N+]=[N-])c(O)c1. The van der Waals surface area contributed by atoms with Gasteiger partial charge in [-0.15, -0.1) is 0 Å². The molecule has 1 amide bonds. The molecule has 0 saturated carbocycles. The number of phenols is 1. The second kappa shape index (κ2) is 7.19. The van der Waals surface area contributed by atoms with Crippen molar-refractivity contribution in [1.29, 1.82) is 0 Å². The van der Waals surface area contributed by atoms with E-state index >= 15 is 0 Å². The van der Waals surface area contributed by atoms with Crippen LogP contribution >= 0.6 is 0 Å². The average Bonchev–Trinajstić information content (AvgIpc) is 2.33. The summed E-state index contributed by atoms with van der Waals surface area (Å²) in [5.41, 5.74) is 9.25. The second-order valence-corrected chi connectivity index (χ2v) is 3.94. The largest absolute Gasteiger partial charge is 0.507 e. The van der Waals surface area contributed by atoms with Gasteiger partial charge in [-0.1, -0.05) is 11.2 Å². The fourth-order valence-electron chi connectivity index (χ4n) is 1.48. The molecule has 1 aromatic carbocycles. The highest BCUT2D eigenvalue weighted by Crippen LogP contribution is 2.17. The van der Waals surface area contributed by atoms with E-state index in [1.807, 2.05) is 6.92 Å². The summed E-state index contributed by atoms with van der Waals surface area (Å²) in [6.07, 6.45) is 1.46. The number of carbonyl (C=O) groups is 1. The van der Waals surface area contributed by atoms with Gasteiger partial charge in [0.2, 0.25) is 0 Å². The molecule has 0 aliphatic heterocycles. The van der Waals surface area contributed by atoms with Crippen LogP contribution in [0, 0.1) is 6.92 Å². The van der Waals surface area contributed by atoms with E-state index in [0.717, 1.165) is 18.4 Å². The summed E-state index contributed by atoms with van der Waals surface area (Å²) in [5.74, 6) is -0.308. The number of azide groups is 1. The van der Waals surface area contributed by atoms with E-state index in [9.17, 15) is 9.90 Å². The van der Waals surface area contributed by atoms with E-state index < -0.39 is 0 Å². The van der Waals surface area contributed by atoms with Crippen LogP contribution < -0.4 is 5.32 Å². The van der Waals surface area contributed by atoms with Gasteiger partial charge >= 0.3 is 0 Å². The third-order valence-corrected chi connectivity index (χ3v) is 2.43. The number of aromatic hydroxyl groups is 1. The lowest BCUT2D eigenvalue weighted by atomic mass is 10.1. The number of rotatable bonds is 6. The molecule has 0 bridgehead atoms. The predicted molar refractivity (Wildman–Crippen MR) is 68.4 cm³/mol. The average molecular weight is 248 g/mol. The van der Waals surface area contributed by atoms with E-state index in [4.69, 9.17) is 5.53 Å². The van der Waals surface area contributed by atoms with Crippen molar-refractivity contribution >= 4 is 5.91 Å². The molecule has 6 heteroatoms. The van der Waals surface area contributed by atoms with Crippen LogP contribution in [0.2, 0.25) is 0 Å². The van der Waals surface area contributed by atoms with Crippen molar-refractivity contribution in [1.82, 2.24) is 5.32 Å². The Labute approximate surface area is 105 Å². The van der Waals surface area contributed by atoms with E-state index in [2.05, 4.69) is 15.3 Å². The molecule has 0 aliphatic carbocycles. The summed E-state index contributed by atoms with van der Waals surface area (Å²) in [5, 5.41) is 15.7. The predicted octanol–water partition coefficient (Wildman–Crippen LogP) is 2.52. The standard InChI is InChI=1S/C12H16N4O2/c1-9-4-5-10(11(17)8-9)12(18)14-6-2-3-7-15-16-13/h4-5,8,17H,2-3,6-7H2,1H3,(H,14,18). The lowest BCUT2D eigenvalue weighted by Gasteiger charge is -2.06. The Morgan fingerprint density at radius 1 is 1.50 bits per heavy atom. The van der Waals surface area contributed by atoms with Crippen LogP contribution in [-0.2, 0) is 0 Å². The first-order valence-electron chi connectivity index (χ1n) is 5.74. The van der Waals surface area contributed by atoms with Crippen molar-refractivity contribution in [3.63, 3.8) is 0 Å². The van der Waals surface area contributed by atoms with Crippen molar-refractivity contribution in [2.24, 2.45) is 5.11 Å². The number of hydrogen-bond acceptors (Lipinski definition) is 3. The molecule has 0 saturated heterocycles. The highest BCUT2D eigenvalue weighted by atomic mass is 16.3. The quantitative estimate of drug-likeness (QED) is 0.350. The van der Waals surface area contributed by atoms with Gasteiger partial charge in [-0.05, 0) is 43.0 Å². The van der Waals surface area contributed by atoms with Gasteiger partial charge in [0.25, 0.3) is 5.91 Å². The number of hydrogen-bond donors (Lipinski definition) is 2. The minimum atomic E-state index is -0.295. The van der Waals surface area contributed by atoms with Gasteiger partial charge in [0, 0.05) is 18.0 Å².